The van der Waals surface area contributed by atoms with Gasteiger partial charge in [-0.1, -0.05) is 24.3 Å². The number of amides is 2. The number of hydrogen-bond donors (Lipinski definition) is 2. The van der Waals surface area contributed by atoms with Gasteiger partial charge in [-0.3, -0.25) is 9.59 Å². The van der Waals surface area contributed by atoms with Crippen molar-refractivity contribution in [3.63, 3.8) is 0 Å². The summed E-state index contributed by atoms with van der Waals surface area (Å²) in [6.45, 7) is 5.64. The number of rotatable bonds is 6. The summed E-state index contributed by atoms with van der Waals surface area (Å²) in [6, 6.07) is 13.4. The van der Waals surface area contributed by atoms with Crippen LogP contribution in [0, 0.1) is 0 Å². The van der Waals surface area contributed by atoms with Gasteiger partial charge in [-0.05, 0) is 36.9 Å². The first-order valence-corrected chi connectivity index (χ1v) is 10.0. The van der Waals surface area contributed by atoms with Crippen LogP contribution in [0.1, 0.15) is 22.2 Å². The summed E-state index contributed by atoms with van der Waals surface area (Å²) >= 11 is 1.72. The topological polar surface area (TPSA) is 53.9 Å². The molecule has 2 amide bonds. The number of nitrogens with zero attached hydrogens (tertiary/aromatic N) is 1. The fourth-order valence-corrected chi connectivity index (χ4v) is 4.00. The van der Waals surface area contributed by atoms with E-state index in [0.717, 1.165) is 25.1 Å². The molecule has 2 heterocycles. The van der Waals surface area contributed by atoms with Crippen molar-refractivity contribution in [3.05, 3.63) is 58.3 Å². The lowest BCUT2D eigenvalue weighted by Crippen LogP contribution is -3.19. The van der Waals surface area contributed by atoms with Gasteiger partial charge in [0.1, 0.15) is 0 Å². The number of carbonyl (C=O) groups excluding carboxylic acids is 2. The minimum Gasteiger partial charge on any atom is -0.351 e. The SMILES string of the molecule is C[C@H](C(=O)NCCc1cccs1)[NH+]1CCN(C(=O)c2ccccc2)CC1. The van der Waals surface area contributed by atoms with Crippen LogP contribution in [0.3, 0.4) is 0 Å². The van der Waals surface area contributed by atoms with Gasteiger partial charge in [0, 0.05) is 17.0 Å². The maximum absolute atomic E-state index is 12.5. The van der Waals surface area contributed by atoms with Crippen molar-refractivity contribution in [3.8, 4) is 0 Å². The van der Waals surface area contributed by atoms with Gasteiger partial charge in [0.25, 0.3) is 11.8 Å². The average Bonchev–Trinajstić information content (AvgIpc) is 3.21. The Labute approximate surface area is 158 Å². The molecule has 0 unspecified atom stereocenters. The quantitative estimate of drug-likeness (QED) is 0.789. The van der Waals surface area contributed by atoms with E-state index in [1.165, 1.54) is 9.78 Å². The predicted molar refractivity (Wildman–Crippen MR) is 104 cm³/mol. The Hall–Kier alpha value is -2.18. The third kappa shape index (κ3) is 4.71. The Morgan fingerprint density at radius 1 is 1.15 bits per heavy atom. The Morgan fingerprint density at radius 2 is 1.88 bits per heavy atom. The van der Waals surface area contributed by atoms with Crippen molar-refractivity contribution in [1.82, 2.24) is 10.2 Å². The molecular formula is C20H26N3O2S+. The van der Waals surface area contributed by atoms with Crippen molar-refractivity contribution in [2.75, 3.05) is 32.7 Å². The lowest BCUT2D eigenvalue weighted by molar-refractivity contribution is -0.917. The Kier molecular flexibility index (Phi) is 6.41. The van der Waals surface area contributed by atoms with E-state index < -0.39 is 0 Å². The number of benzene rings is 1. The van der Waals surface area contributed by atoms with Gasteiger partial charge in [-0.15, -0.1) is 11.3 Å². The molecule has 1 aliphatic heterocycles. The van der Waals surface area contributed by atoms with Crippen molar-refractivity contribution in [2.45, 2.75) is 19.4 Å². The van der Waals surface area contributed by atoms with E-state index in [9.17, 15) is 9.59 Å². The molecule has 0 aliphatic carbocycles. The predicted octanol–water partition coefficient (Wildman–Crippen LogP) is 0.836. The third-order valence-corrected chi connectivity index (χ3v) is 5.91. The maximum atomic E-state index is 12.5. The smallest absolute Gasteiger partial charge is 0.278 e. The van der Waals surface area contributed by atoms with Crippen LogP contribution >= 0.6 is 11.3 Å². The summed E-state index contributed by atoms with van der Waals surface area (Å²) in [4.78, 5) is 29.3. The molecular weight excluding hydrogens is 346 g/mol. The van der Waals surface area contributed by atoms with E-state index in [1.54, 1.807) is 11.3 Å². The first kappa shape index (κ1) is 18.6. The molecule has 1 fully saturated rings. The Morgan fingerprint density at radius 3 is 2.54 bits per heavy atom. The molecule has 2 N–H and O–H groups in total. The third-order valence-electron chi connectivity index (χ3n) is 4.97. The van der Waals surface area contributed by atoms with Crippen LogP contribution in [0.15, 0.2) is 47.8 Å². The number of thiophene rings is 1. The summed E-state index contributed by atoms with van der Waals surface area (Å²) in [5.74, 6) is 0.178. The van der Waals surface area contributed by atoms with E-state index in [1.807, 2.05) is 48.2 Å². The molecule has 0 bridgehead atoms. The number of nitrogens with one attached hydrogen (secondary N) is 2. The number of piperazine rings is 1. The maximum Gasteiger partial charge on any atom is 0.278 e. The molecule has 0 saturated carbocycles. The highest BCUT2D eigenvalue weighted by molar-refractivity contribution is 7.09. The second kappa shape index (κ2) is 8.96. The summed E-state index contributed by atoms with van der Waals surface area (Å²) in [5.41, 5.74) is 0.732. The molecule has 138 valence electrons. The molecule has 1 atom stereocenters. The van der Waals surface area contributed by atoms with Crippen molar-refractivity contribution in [1.29, 1.82) is 0 Å². The van der Waals surface area contributed by atoms with Crippen molar-refractivity contribution < 1.29 is 14.5 Å². The molecule has 0 spiro atoms. The van der Waals surface area contributed by atoms with Crippen LogP contribution in [0.2, 0.25) is 0 Å². The Bertz CT molecular complexity index is 710. The number of hydrogen-bond acceptors (Lipinski definition) is 3. The molecule has 6 heteroatoms. The second-order valence-electron chi connectivity index (χ2n) is 6.66. The molecule has 5 nitrogen and oxygen atoms in total. The molecule has 2 aromatic rings. The summed E-state index contributed by atoms with van der Waals surface area (Å²) in [5, 5.41) is 5.10. The summed E-state index contributed by atoms with van der Waals surface area (Å²) in [6.07, 6.45) is 0.880. The average molecular weight is 373 g/mol. The van der Waals surface area contributed by atoms with E-state index >= 15 is 0 Å². The molecule has 26 heavy (non-hydrogen) atoms. The molecule has 3 rings (SSSR count). The summed E-state index contributed by atoms with van der Waals surface area (Å²) in [7, 11) is 0. The second-order valence-corrected chi connectivity index (χ2v) is 7.69. The zero-order chi connectivity index (χ0) is 18.4. The van der Waals surface area contributed by atoms with Gasteiger partial charge in [0.05, 0.1) is 26.2 Å². The van der Waals surface area contributed by atoms with Crippen molar-refractivity contribution >= 4 is 23.2 Å². The highest BCUT2D eigenvalue weighted by atomic mass is 32.1. The highest BCUT2D eigenvalue weighted by Gasteiger charge is 2.30. The first-order valence-electron chi connectivity index (χ1n) is 9.14. The van der Waals surface area contributed by atoms with Crippen LogP contribution < -0.4 is 10.2 Å². The van der Waals surface area contributed by atoms with Crippen LogP contribution in [0.5, 0.6) is 0 Å². The highest BCUT2D eigenvalue weighted by Crippen LogP contribution is 2.08. The van der Waals surface area contributed by atoms with Gasteiger partial charge in [-0.25, -0.2) is 0 Å². The largest absolute Gasteiger partial charge is 0.351 e. The normalized spacial score (nSPS) is 16.3. The zero-order valence-corrected chi connectivity index (χ0v) is 15.9. The molecule has 0 radical (unpaired) electrons. The van der Waals surface area contributed by atoms with E-state index in [2.05, 4.69) is 16.8 Å². The minimum absolute atomic E-state index is 0.0812. The molecule has 1 saturated heterocycles. The van der Waals surface area contributed by atoms with Crippen LogP contribution in [-0.2, 0) is 11.2 Å². The number of quaternary nitrogens is 1. The first-order chi connectivity index (χ1) is 12.6. The van der Waals surface area contributed by atoms with Crippen molar-refractivity contribution in [2.24, 2.45) is 0 Å². The van der Waals surface area contributed by atoms with E-state index in [-0.39, 0.29) is 17.9 Å². The Balaban J connectivity index is 1.43. The van der Waals surface area contributed by atoms with Crippen LogP contribution in [-0.4, -0.2) is 55.5 Å². The molecule has 1 aliphatic rings. The lowest BCUT2D eigenvalue weighted by Gasteiger charge is -2.34. The van der Waals surface area contributed by atoms with Gasteiger partial charge < -0.3 is 15.1 Å². The van der Waals surface area contributed by atoms with E-state index in [0.29, 0.717) is 19.6 Å². The van der Waals surface area contributed by atoms with Gasteiger partial charge >= 0.3 is 0 Å². The van der Waals surface area contributed by atoms with Crippen LogP contribution in [0.25, 0.3) is 0 Å². The van der Waals surface area contributed by atoms with Crippen LogP contribution in [0.4, 0.5) is 0 Å². The fourth-order valence-electron chi connectivity index (χ4n) is 3.30. The lowest BCUT2D eigenvalue weighted by atomic mass is 10.1. The summed E-state index contributed by atoms with van der Waals surface area (Å²) < 4.78 is 0. The van der Waals surface area contributed by atoms with Gasteiger partial charge in [-0.2, -0.15) is 0 Å². The standard InChI is InChI=1S/C20H25N3O2S/c1-16(19(24)21-10-9-18-8-5-15-26-18)22-11-13-23(14-12-22)20(25)17-6-3-2-4-7-17/h2-8,15-16H,9-14H2,1H3,(H,21,24)/p+1/t16-/m1/s1. The number of carbonyl (C=O) groups is 2. The van der Waals surface area contributed by atoms with E-state index in [4.69, 9.17) is 0 Å². The van der Waals surface area contributed by atoms with Gasteiger partial charge in [0.15, 0.2) is 6.04 Å². The minimum atomic E-state index is -0.0905. The van der Waals surface area contributed by atoms with Gasteiger partial charge in [0.2, 0.25) is 0 Å². The molecule has 1 aromatic carbocycles. The monoisotopic (exact) mass is 372 g/mol. The molecule has 1 aromatic heterocycles. The zero-order valence-electron chi connectivity index (χ0n) is 15.1. The fraction of sp³-hybridized carbons (Fsp3) is 0.400.